The molecule has 0 radical (unpaired) electrons. The summed E-state index contributed by atoms with van der Waals surface area (Å²) in [6.07, 6.45) is 0. The molecule has 0 saturated carbocycles. The fraction of sp³-hybridized carbons (Fsp3) is 0.0909. The van der Waals surface area contributed by atoms with Crippen LogP contribution in [-0.2, 0) is 0 Å². The molecule has 0 spiro atoms. The molecule has 0 atom stereocenters. The molecule has 4 heteroatoms. The van der Waals surface area contributed by atoms with Crippen LogP contribution in [-0.4, -0.2) is 0 Å². The number of hydrogen-bond donors (Lipinski definition) is 0. The van der Waals surface area contributed by atoms with E-state index in [1.165, 1.54) is 16.7 Å². The second-order valence-electron chi connectivity index (χ2n) is 9.18. The second kappa shape index (κ2) is 10.7. The van der Waals surface area contributed by atoms with Crippen molar-refractivity contribution in [3.63, 3.8) is 0 Å². The van der Waals surface area contributed by atoms with Crippen LogP contribution in [0.3, 0.4) is 0 Å². The van der Waals surface area contributed by atoms with Gasteiger partial charge in [-0.1, -0.05) is 89.4 Å². The molecular formula is C33H28Cl2N2. The van der Waals surface area contributed by atoms with E-state index >= 15 is 0 Å². The van der Waals surface area contributed by atoms with Crippen LogP contribution in [0.4, 0.5) is 34.1 Å². The molecule has 5 rings (SSSR count). The highest BCUT2D eigenvalue weighted by Gasteiger charge is 2.24. The Kier molecular flexibility index (Phi) is 7.23. The topological polar surface area (TPSA) is 6.48 Å². The fourth-order valence-electron chi connectivity index (χ4n) is 4.96. The third-order valence-electron chi connectivity index (χ3n) is 6.39. The minimum Gasteiger partial charge on any atom is -0.309 e. The summed E-state index contributed by atoms with van der Waals surface area (Å²) < 4.78 is 0. The first-order chi connectivity index (χ1) is 17.9. The van der Waals surface area contributed by atoms with Gasteiger partial charge in [-0.3, -0.25) is 0 Å². The molecule has 184 valence electrons. The van der Waals surface area contributed by atoms with Gasteiger partial charge in [0.05, 0.1) is 22.1 Å². The summed E-state index contributed by atoms with van der Waals surface area (Å²) in [6, 6.07) is 39.1. The van der Waals surface area contributed by atoms with Crippen LogP contribution in [0.15, 0.2) is 115 Å². The average molecular weight is 524 g/mol. The lowest BCUT2D eigenvalue weighted by Crippen LogP contribution is -2.16. The predicted octanol–water partition coefficient (Wildman–Crippen LogP) is 10.9. The number of hydrogen-bond acceptors (Lipinski definition) is 2. The Labute approximate surface area is 229 Å². The van der Waals surface area contributed by atoms with Gasteiger partial charge in [-0.25, -0.2) is 0 Å². The highest BCUT2D eigenvalue weighted by atomic mass is 35.5. The highest BCUT2D eigenvalue weighted by molar-refractivity contribution is 6.36. The SMILES string of the molecule is Cc1cc(C)c(N(c2cccc(Cl)c2)c2cccc(N(c3ccccc3)c3ccccc3)c2Cl)c(C)c1. The van der Waals surface area contributed by atoms with Crippen molar-refractivity contribution in [2.45, 2.75) is 20.8 Å². The van der Waals surface area contributed by atoms with Crippen LogP contribution in [0.1, 0.15) is 16.7 Å². The van der Waals surface area contributed by atoms with Crippen molar-refractivity contribution in [3.8, 4) is 0 Å². The van der Waals surface area contributed by atoms with Crippen LogP contribution in [0.25, 0.3) is 0 Å². The lowest BCUT2D eigenvalue weighted by atomic mass is 10.0. The molecule has 5 aromatic carbocycles. The molecule has 0 aliphatic heterocycles. The van der Waals surface area contributed by atoms with Crippen molar-refractivity contribution >= 4 is 57.3 Å². The molecule has 2 nitrogen and oxygen atoms in total. The van der Waals surface area contributed by atoms with E-state index in [0.29, 0.717) is 10.0 Å². The Hall–Kier alpha value is -3.72. The van der Waals surface area contributed by atoms with Crippen molar-refractivity contribution in [2.24, 2.45) is 0 Å². The molecule has 0 heterocycles. The van der Waals surface area contributed by atoms with Crippen LogP contribution in [0.2, 0.25) is 10.0 Å². The standard InChI is InChI=1S/C33H28Cl2N2/c1-23-20-24(2)33(25(3)21-23)37(29-17-10-12-26(34)22-29)31-19-11-18-30(32(31)35)36(27-13-6-4-7-14-27)28-15-8-5-9-16-28/h4-22H,1-3H3. The van der Waals surface area contributed by atoms with Gasteiger partial charge in [0.15, 0.2) is 0 Å². The van der Waals surface area contributed by atoms with Crippen molar-refractivity contribution in [1.82, 2.24) is 0 Å². The van der Waals surface area contributed by atoms with E-state index in [4.69, 9.17) is 23.2 Å². The summed E-state index contributed by atoms with van der Waals surface area (Å²) in [7, 11) is 0. The summed E-state index contributed by atoms with van der Waals surface area (Å²) in [5, 5.41) is 1.32. The van der Waals surface area contributed by atoms with Gasteiger partial charge < -0.3 is 9.80 Å². The Morgan fingerprint density at radius 2 is 0.973 bits per heavy atom. The quantitative estimate of drug-likeness (QED) is 0.218. The van der Waals surface area contributed by atoms with E-state index in [0.717, 1.165) is 34.1 Å². The van der Waals surface area contributed by atoms with Gasteiger partial charge in [0, 0.05) is 22.1 Å². The van der Waals surface area contributed by atoms with Crippen LogP contribution in [0, 0.1) is 20.8 Å². The minimum absolute atomic E-state index is 0.648. The summed E-state index contributed by atoms with van der Waals surface area (Å²) >= 11 is 13.8. The zero-order valence-corrected chi connectivity index (χ0v) is 22.6. The first-order valence-corrected chi connectivity index (χ1v) is 13.0. The van der Waals surface area contributed by atoms with Gasteiger partial charge in [-0.15, -0.1) is 0 Å². The predicted molar refractivity (Wildman–Crippen MR) is 160 cm³/mol. The number of nitrogens with zero attached hydrogens (tertiary/aromatic N) is 2. The summed E-state index contributed by atoms with van der Waals surface area (Å²) in [6.45, 7) is 6.41. The smallest absolute Gasteiger partial charge is 0.0887 e. The van der Waals surface area contributed by atoms with E-state index in [1.54, 1.807) is 0 Å². The monoisotopic (exact) mass is 522 g/mol. The van der Waals surface area contributed by atoms with Crippen molar-refractivity contribution in [3.05, 3.63) is 142 Å². The lowest BCUT2D eigenvalue weighted by Gasteiger charge is -2.32. The van der Waals surface area contributed by atoms with E-state index in [-0.39, 0.29) is 0 Å². The van der Waals surface area contributed by atoms with Gasteiger partial charge in [-0.05, 0) is 86.5 Å². The van der Waals surface area contributed by atoms with Crippen molar-refractivity contribution in [2.75, 3.05) is 9.80 Å². The highest BCUT2D eigenvalue weighted by Crippen LogP contribution is 2.48. The number of rotatable bonds is 6. The van der Waals surface area contributed by atoms with E-state index in [9.17, 15) is 0 Å². The summed E-state index contributed by atoms with van der Waals surface area (Å²) in [5.74, 6) is 0. The zero-order chi connectivity index (χ0) is 25.9. The van der Waals surface area contributed by atoms with Gasteiger partial charge in [0.1, 0.15) is 0 Å². The first-order valence-electron chi connectivity index (χ1n) is 12.3. The van der Waals surface area contributed by atoms with Crippen molar-refractivity contribution in [1.29, 1.82) is 0 Å². The Balaban J connectivity index is 1.76. The molecule has 0 unspecified atom stereocenters. The molecular weight excluding hydrogens is 495 g/mol. The first kappa shape index (κ1) is 25.0. The fourth-order valence-corrected chi connectivity index (χ4v) is 5.44. The number of benzene rings is 5. The van der Waals surface area contributed by atoms with Gasteiger partial charge in [-0.2, -0.15) is 0 Å². The second-order valence-corrected chi connectivity index (χ2v) is 9.99. The van der Waals surface area contributed by atoms with Crippen LogP contribution in [0.5, 0.6) is 0 Å². The number of aryl methyl sites for hydroxylation is 3. The largest absolute Gasteiger partial charge is 0.309 e. The summed E-state index contributed by atoms with van der Waals surface area (Å²) in [5.41, 5.74) is 9.45. The molecule has 37 heavy (non-hydrogen) atoms. The molecule has 0 aliphatic rings. The zero-order valence-electron chi connectivity index (χ0n) is 21.1. The van der Waals surface area contributed by atoms with Crippen LogP contribution >= 0.6 is 23.2 Å². The normalized spacial score (nSPS) is 10.8. The number of para-hydroxylation sites is 2. The third kappa shape index (κ3) is 5.09. The molecule has 0 bridgehead atoms. The maximum absolute atomic E-state index is 7.36. The molecule has 5 aromatic rings. The average Bonchev–Trinajstić information content (AvgIpc) is 2.89. The maximum Gasteiger partial charge on any atom is 0.0887 e. The number of anilines is 6. The third-order valence-corrected chi connectivity index (χ3v) is 7.02. The maximum atomic E-state index is 7.36. The molecule has 0 aliphatic carbocycles. The molecule has 0 fully saturated rings. The van der Waals surface area contributed by atoms with Gasteiger partial charge in [0.2, 0.25) is 0 Å². The Morgan fingerprint density at radius 1 is 0.486 bits per heavy atom. The molecule has 0 saturated heterocycles. The Morgan fingerprint density at radius 3 is 1.51 bits per heavy atom. The minimum atomic E-state index is 0.648. The molecule has 0 amide bonds. The van der Waals surface area contributed by atoms with E-state index < -0.39 is 0 Å². The molecule has 0 aromatic heterocycles. The van der Waals surface area contributed by atoms with Gasteiger partial charge >= 0.3 is 0 Å². The number of halogens is 2. The Bertz CT molecular complexity index is 1470. The summed E-state index contributed by atoms with van der Waals surface area (Å²) in [4.78, 5) is 4.41. The van der Waals surface area contributed by atoms with E-state index in [1.807, 2.05) is 54.6 Å². The van der Waals surface area contributed by atoms with Crippen LogP contribution < -0.4 is 9.80 Å². The van der Waals surface area contributed by atoms with Gasteiger partial charge in [0.25, 0.3) is 0 Å². The molecule has 0 N–H and O–H groups in total. The van der Waals surface area contributed by atoms with Crippen molar-refractivity contribution < 1.29 is 0 Å². The lowest BCUT2D eigenvalue weighted by molar-refractivity contribution is 1.20. The van der Waals surface area contributed by atoms with E-state index in [2.05, 4.69) is 91.2 Å².